The molecule has 0 heterocycles. The molecule has 0 aliphatic heterocycles. The Balaban J connectivity index is 5.26. The van der Waals surface area contributed by atoms with Gasteiger partial charge in [-0.05, 0) is 37.5 Å². The fourth-order valence-electron chi connectivity index (χ4n) is 11.5. The van der Waals surface area contributed by atoms with Gasteiger partial charge in [-0.25, -0.2) is 9.13 Å². The summed E-state index contributed by atoms with van der Waals surface area (Å²) in [5, 5.41) is 10.6. The highest BCUT2D eigenvalue weighted by atomic mass is 31.2. The average molecular weight is 1380 g/mol. The van der Waals surface area contributed by atoms with Gasteiger partial charge in [-0.3, -0.25) is 37.3 Å². The van der Waals surface area contributed by atoms with Crippen LogP contribution in [-0.2, 0) is 65.4 Å². The van der Waals surface area contributed by atoms with Crippen molar-refractivity contribution in [1.29, 1.82) is 0 Å². The van der Waals surface area contributed by atoms with Crippen LogP contribution in [0.2, 0.25) is 0 Å². The summed E-state index contributed by atoms with van der Waals surface area (Å²) in [6, 6.07) is 0. The first-order valence-electron chi connectivity index (χ1n) is 39.0. The maximum atomic E-state index is 13.1. The van der Waals surface area contributed by atoms with Crippen LogP contribution in [0.5, 0.6) is 0 Å². The summed E-state index contributed by atoms with van der Waals surface area (Å²) in [5.41, 5.74) is 0. The number of carbonyl (C=O) groups excluding carboxylic acids is 4. The molecule has 0 aliphatic rings. The van der Waals surface area contributed by atoms with Crippen LogP contribution in [0.3, 0.4) is 0 Å². The van der Waals surface area contributed by atoms with Crippen molar-refractivity contribution in [3.05, 3.63) is 0 Å². The maximum absolute atomic E-state index is 13.1. The van der Waals surface area contributed by atoms with Gasteiger partial charge < -0.3 is 33.8 Å². The topological polar surface area (TPSA) is 237 Å². The van der Waals surface area contributed by atoms with Gasteiger partial charge in [0.05, 0.1) is 26.4 Å². The molecule has 0 rings (SSSR count). The molecule has 558 valence electrons. The van der Waals surface area contributed by atoms with Gasteiger partial charge in [0.25, 0.3) is 0 Å². The Morgan fingerprint density at radius 1 is 0.287 bits per heavy atom. The first-order valence-corrected chi connectivity index (χ1v) is 42.0. The molecule has 5 atom stereocenters. The molecule has 2 unspecified atom stereocenters. The largest absolute Gasteiger partial charge is 0.472 e. The summed E-state index contributed by atoms with van der Waals surface area (Å²) in [7, 11) is -9.91. The lowest BCUT2D eigenvalue weighted by molar-refractivity contribution is -0.161. The van der Waals surface area contributed by atoms with Crippen molar-refractivity contribution in [3.63, 3.8) is 0 Å². The smallest absolute Gasteiger partial charge is 0.462 e. The third-order valence-electron chi connectivity index (χ3n) is 17.5. The molecule has 3 N–H and O–H groups in total. The standard InChI is InChI=1S/C75H146O17P2/c1-7-9-11-13-15-17-19-21-23-25-27-33-39-45-51-57-72(77)85-63-70(91-74(79)59-53-47-41-34-28-26-24-22-20-18-16-14-12-10-8-2)65-89-93(81,82)87-61-69(76)62-88-94(83,84)90-66-71(92-75(80)60-54-48-42-36-30-32-38-44-50-56-68(5)6)64-86-73(78)58-52-46-40-35-29-31-37-43-49-55-67(3)4/h67-71,76H,7-66H2,1-6H3,(H,81,82)(H,83,84)/t69-,70-,71-/m1/s1. The van der Waals surface area contributed by atoms with Crippen molar-refractivity contribution in [3.8, 4) is 0 Å². The van der Waals surface area contributed by atoms with Gasteiger partial charge in [0.15, 0.2) is 12.2 Å². The number of hydrogen-bond acceptors (Lipinski definition) is 15. The van der Waals surface area contributed by atoms with Crippen LogP contribution >= 0.6 is 15.6 Å². The minimum atomic E-state index is -4.96. The summed E-state index contributed by atoms with van der Waals surface area (Å²) >= 11 is 0. The third-order valence-corrected chi connectivity index (χ3v) is 19.4. The summed E-state index contributed by atoms with van der Waals surface area (Å²) in [5.74, 6) is -0.635. The van der Waals surface area contributed by atoms with Gasteiger partial charge in [0.2, 0.25) is 0 Å². The van der Waals surface area contributed by atoms with Gasteiger partial charge in [-0.1, -0.05) is 337 Å². The molecule has 0 aromatic carbocycles. The van der Waals surface area contributed by atoms with E-state index in [0.717, 1.165) is 102 Å². The first kappa shape index (κ1) is 92.1. The van der Waals surface area contributed by atoms with E-state index in [1.165, 1.54) is 205 Å². The van der Waals surface area contributed by atoms with E-state index in [-0.39, 0.29) is 25.7 Å². The first-order chi connectivity index (χ1) is 45.4. The fraction of sp³-hybridized carbons (Fsp3) is 0.947. The molecule has 94 heavy (non-hydrogen) atoms. The molecule has 0 amide bonds. The molecule has 19 heteroatoms. The fourth-order valence-corrected chi connectivity index (χ4v) is 13.1. The molecule has 0 aliphatic carbocycles. The van der Waals surface area contributed by atoms with Gasteiger partial charge in [0.1, 0.15) is 19.3 Å². The predicted octanol–water partition coefficient (Wildman–Crippen LogP) is 21.9. The number of ether oxygens (including phenoxy) is 4. The number of rotatable bonds is 74. The zero-order valence-electron chi connectivity index (χ0n) is 61.3. The van der Waals surface area contributed by atoms with E-state index in [9.17, 15) is 43.2 Å². The highest BCUT2D eigenvalue weighted by Gasteiger charge is 2.30. The van der Waals surface area contributed by atoms with Gasteiger partial charge in [-0.2, -0.15) is 0 Å². The van der Waals surface area contributed by atoms with Crippen molar-refractivity contribution in [2.45, 2.75) is 407 Å². The minimum absolute atomic E-state index is 0.105. The third kappa shape index (κ3) is 68.6. The van der Waals surface area contributed by atoms with E-state index >= 15 is 0 Å². The van der Waals surface area contributed by atoms with Crippen LogP contribution in [0.4, 0.5) is 0 Å². The molecule has 0 saturated carbocycles. The quantitative estimate of drug-likeness (QED) is 0.0222. The lowest BCUT2D eigenvalue weighted by atomic mass is 10.0. The maximum Gasteiger partial charge on any atom is 0.472 e. The van der Waals surface area contributed by atoms with Crippen LogP contribution < -0.4 is 0 Å². The molecule has 0 aromatic rings. The predicted molar refractivity (Wildman–Crippen MR) is 381 cm³/mol. The van der Waals surface area contributed by atoms with E-state index in [2.05, 4.69) is 41.5 Å². The SMILES string of the molecule is CCCCCCCCCCCCCCCCCC(=O)OC[C@H](COP(=O)(O)OC[C@@H](O)COP(=O)(O)OC[C@@H](COC(=O)CCCCCCCCCCCC(C)C)OC(=O)CCCCCCCCCCCC(C)C)OC(=O)CCCCCCCCCCCCCCCCC. The van der Waals surface area contributed by atoms with Crippen molar-refractivity contribution in [1.82, 2.24) is 0 Å². The van der Waals surface area contributed by atoms with Crippen molar-refractivity contribution >= 4 is 39.5 Å². The number of phosphoric acid groups is 2. The Labute approximate surface area is 575 Å². The Morgan fingerprint density at radius 3 is 0.723 bits per heavy atom. The number of aliphatic hydroxyl groups excluding tert-OH is 1. The molecule has 0 aromatic heterocycles. The van der Waals surface area contributed by atoms with Crippen molar-refractivity contribution < 1.29 is 80.2 Å². The lowest BCUT2D eigenvalue weighted by Crippen LogP contribution is -2.30. The van der Waals surface area contributed by atoms with Crippen LogP contribution in [0.1, 0.15) is 388 Å². The van der Waals surface area contributed by atoms with Crippen LogP contribution in [0.25, 0.3) is 0 Å². The zero-order valence-corrected chi connectivity index (χ0v) is 63.1. The molecular weight excluding hydrogens is 1230 g/mol. The summed E-state index contributed by atoms with van der Waals surface area (Å²) in [4.78, 5) is 72.8. The second kappa shape index (κ2) is 66.9. The number of hydrogen-bond donors (Lipinski definition) is 3. The number of aliphatic hydroxyl groups is 1. The van der Waals surface area contributed by atoms with Gasteiger partial charge >= 0.3 is 39.5 Å². The molecular formula is C75H146O17P2. The molecule has 17 nitrogen and oxygen atoms in total. The van der Waals surface area contributed by atoms with E-state index in [1.54, 1.807) is 0 Å². The van der Waals surface area contributed by atoms with E-state index < -0.39 is 97.5 Å². The Hall–Kier alpha value is -1.94. The van der Waals surface area contributed by atoms with Crippen molar-refractivity contribution in [2.24, 2.45) is 11.8 Å². The normalized spacial score (nSPS) is 14.0. The number of esters is 4. The van der Waals surface area contributed by atoms with Gasteiger partial charge in [-0.15, -0.1) is 0 Å². The Bertz CT molecular complexity index is 1820. The molecule has 0 bridgehead atoms. The van der Waals surface area contributed by atoms with Crippen molar-refractivity contribution in [2.75, 3.05) is 39.6 Å². The monoisotopic (exact) mass is 1380 g/mol. The number of unbranched alkanes of at least 4 members (excludes halogenated alkanes) is 44. The Morgan fingerprint density at radius 2 is 0.489 bits per heavy atom. The second-order valence-electron chi connectivity index (χ2n) is 28.0. The summed E-state index contributed by atoms with van der Waals surface area (Å²) in [6.07, 6.45) is 54.0. The molecule has 0 radical (unpaired) electrons. The average Bonchev–Trinajstić information content (AvgIpc) is 1.38. The summed E-state index contributed by atoms with van der Waals surface area (Å²) in [6.45, 7) is 9.55. The van der Waals surface area contributed by atoms with E-state index in [0.29, 0.717) is 25.7 Å². The molecule has 0 spiro atoms. The van der Waals surface area contributed by atoms with E-state index in [1.807, 2.05) is 0 Å². The second-order valence-corrected chi connectivity index (χ2v) is 30.9. The Kier molecular flexibility index (Phi) is 65.5. The number of phosphoric ester groups is 2. The summed E-state index contributed by atoms with van der Waals surface area (Å²) < 4.78 is 68.5. The molecule has 0 saturated heterocycles. The number of carbonyl (C=O) groups is 4. The highest BCUT2D eigenvalue weighted by Crippen LogP contribution is 2.45. The van der Waals surface area contributed by atoms with E-state index in [4.69, 9.17) is 37.0 Å². The van der Waals surface area contributed by atoms with Crippen LogP contribution in [-0.4, -0.2) is 96.7 Å². The minimum Gasteiger partial charge on any atom is -0.462 e. The van der Waals surface area contributed by atoms with Crippen LogP contribution in [0, 0.1) is 11.8 Å². The van der Waals surface area contributed by atoms with Crippen LogP contribution in [0.15, 0.2) is 0 Å². The van der Waals surface area contributed by atoms with Gasteiger partial charge in [0, 0.05) is 25.7 Å². The molecule has 0 fully saturated rings. The highest BCUT2D eigenvalue weighted by molar-refractivity contribution is 7.47. The zero-order chi connectivity index (χ0) is 69.3. The lowest BCUT2D eigenvalue weighted by Gasteiger charge is -2.21.